The lowest BCUT2D eigenvalue weighted by molar-refractivity contribution is -0.903. The van der Waals surface area contributed by atoms with Crippen LogP contribution in [-0.2, 0) is 11.3 Å². The first-order valence-corrected chi connectivity index (χ1v) is 10.5. The molecule has 0 aromatic heterocycles. The van der Waals surface area contributed by atoms with Gasteiger partial charge in [-0.25, -0.2) is 0 Å². The Labute approximate surface area is 176 Å². The van der Waals surface area contributed by atoms with Crippen LogP contribution in [0.5, 0.6) is 11.5 Å². The van der Waals surface area contributed by atoms with Crippen LogP contribution in [0.25, 0.3) is 0 Å². The molecule has 7 heteroatoms. The Morgan fingerprint density at radius 3 is 2.76 bits per heavy atom. The summed E-state index contributed by atoms with van der Waals surface area (Å²) in [5.41, 5.74) is 3.47. The number of hydrogen-bond donors (Lipinski definition) is 2. The number of anilines is 1. The van der Waals surface area contributed by atoms with Gasteiger partial charge in [-0.05, 0) is 42.3 Å². The van der Waals surface area contributed by atoms with Crippen molar-refractivity contribution in [2.75, 3.05) is 51.0 Å². The lowest BCUT2D eigenvalue weighted by atomic mass is 10.1. The lowest BCUT2D eigenvalue weighted by Gasteiger charge is -2.35. The second-order valence-electron chi connectivity index (χ2n) is 7.73. The van der Waals surface area contributed by atoms with E-state index >= 15 is 0 Å². The second kappa shape index (κ2) is 9.22. The van der Waals surface area contributed by atoms with Crippen molar-refractivity contribution < 1.29 is 24.2 Å². The van der Waals surface area contributed by atoms with Crippen LogP contribution in [0.1, 0.15) is 11.1 Å². The van der Waals surface area contributed by atoms with E-state index in [0.717, 1.165) is 48.3 Å². The molecule has 6 nitrogen and oxygen atoms in total. The predicted octanol–water partition coefficient (Wildman–Crippen LogP) is 1.66. The SMILES string of the molecule is Cc1ccc(Cl)cc1N1CC[NH+](C[C@@H](O)COCc2ccc3c(c2)OCO3)CC1. The Bertz CT molecular complexity index is 840. The summed E-state index contributed by atoms with van der Waals surface area (Å²) < 4.78 is 16.4. The van der Waals surface area contributed by atoms with E-state index in [9.17, 15) is 5.11 Å². The summed E-state index contributed by atoms with van der Waals surface area (Å²) in [6.45, 7) is 7.76. The molecular weight excluding hydrogens is 392 g/mol. The van der Waals surface area contributed by atoms with Crippen LogP contribution < -0.4 is 19.3 Å². The van der Waals surface area contributed by atoms with Gasteiger partial charge in [-0.1, -0.05) is 23.7 Å². The molecule has 2 aliphatic rings. The van der Waals surface area contributed by atoms with Gasteiger partial charge >= 0.3 is 0 Å². The topological polar surface area (TPSA) is 55.6 Å². The third kappa shape index (κ3) is 5.14. The molecule has 2 aromatic carbocycles. The number of aryl methyl sites for hydroxylation is 1. The molecule has 2 aromatic rings. The quantitative estimate of drug-likeness (QED) is 0.715. The van der Waals surface area contributed by atoms with E-state index in [1.165, 1.54) is 16.2 Å². The van der Waals surface area contributed by atoms with E-state index in [1.807, 2.05) is 30.3 Å². The molecule has 0 radical (unpaired) electrons. The van der Waals surface area contributed by atoms with Crippen molar-refractivity contribution >= 4 is 17.3 Å². The molecule has 0 bridgehead atoms. The maximum atomic E-state index is 10.4. The fourth-order valence-electron chi connectivity index (χ4n) is 3.93. The summed E-state index contributed by atoms with van der Waals surface area (Å²) >= 11 is 6.16. The first-order chi connectivity index (χ1) is 14.1. The lowest BCUT2D eigenvalue weighted by Crippen LogP contribution is -3.16. The molecule has 156 valence electrons. The van der Waals surface area contributed by atoms with E-state index in [0.29, 0.717) is 19.8 Å². The van der Waals surface area contributed by atoms with Gasteiger partial charge in [-0.3, -0.25) is 0 Å². The van der Waals surface area contributed by atoms with Crippen LogP contribution in [0, 0.1) is 6.92 Å². The minimum absolute atomic E-state index is 0.269. The number of quaternary nitrogens is 1. The zero-order valence-electron chi connectivity index (χ0n) is 16.7. The normalized spacial score (nSPS) is 17.6. The molecule has 1 saturated heterocycles. The first-order valence-electron chi connectivity index (χ1n) is 10.1. The van der Waals surface area contributed by atoms with Crippen LogP contribution in [0.15, 0.2) is 36.4 Å². The molecule has 1 atom stereocenters. The number of rotatable bonds is 7. The van der Waals surface area contributed by atoms with Crippen molar-refractivity contribution in [1.29, 1.82) is 0 Å². The highest BCUT2D eigenvalue weighted by atomic mass is 35.5. The van der Waals surface area contributed by atoms with Crippen LogP contribution >= 0.6 is 11.6 Å². The van der Waals surface area contributed by atoms with Gasteiger partial charge in [0.15, 0.2) is 11.5 Å². The van der Waals surface area contributed by atoms with Crippen molar-refractivity contribution in [2.45, 2.75) is 19.6 Å². The largest absolute Gasteiger partial charge is 0.454 e. The van der Waals surface area contributed by atoms with Crippen LogP contribution in [-0.4, -0.2) is 57.3 Å². The number of aliphatic hydroxyl groups is 1. The van der Waals surface area contributed by atoms with E-state index in [1.54, 1.807) is 0 Å². The monoisotopic (exact) mass is 419 g/mol. The molecule has 0 amide bonds. The summed E-state index contributed by atoms with van der Waals surface area (Å²) in [7, 11) is 0. The maximum Gasteiger partial charge on any atom is 0.231 e. The van der Waals surface area contributed by atoms with E-state index in [2.05, 4.69) is 17.9 Å². The Kier molecular flexibility index (Phi) is 6.45. The van der Waals surface area contributed by atoms with Gasteiger partial charge in [0, 0.05) is 10.7 Å². The molecule has 4 rings (SSSR count). The van der Waals surface area contributed by atoms with Gasteiger partial charge < -0.3 is 29.1 Å². The van der Waals surface area contributed by atoms with Crippen molar-refractivity contribution in [2.24, 2.45) is 0 Å². The summed E-state index contributed by atoms with van der Waals surface area (Å²) in [5, 5.41) is 11.1. The van der Waals surface area contributed by atoms with Gasteiger partial charge in [0.2, 0.25) is 6.79 Å². The number of piperazine rings is 1. The smallest absolute Gasteiger partial charge is 0.231 e. The van der Waals surface area contributed by atoms with E-state index in [-0.39, 0.29) is 6.79 Å². The molecule has 2 aliphatic heterocycles. The Morgan fingerprint density at radius 2 is 1.93 bits per heavy atom. The molecule has 2 N–H and O–H groups in total. The van der Waals surface area contributed by atoms with Crippen LogP contribution in [0.4, 0.5) is 5.69 Å². The zero-order valence-corrected chi connectivity index (χ0v) is 17.5. The standard InChI is InChI=1S/C22H27ClN2O4/c1-16-2-4-18(23)11-20(16)25-8-6-24(7-9-25)12-19(26)14-27-13-17-3-5-21-22(10-17)29-15-28-21/h2-5,10-11,19,26H,6-9,12-15H2,1H3/p+1/t19-/m1/s1. The summed E-state index contributed by atoms with van der Waals surface area (Å²) in [4.78, 5) is 3.79. The molecule has 29 heavy (non-hydrogen) atoms. The molecule has 0 spiro atoms. The minimum Gasteiger partial charge on any atom is -0.454 e. The van der Waals surface area contributed by atoms with Crippen LogP contribution in [0.2, 0.25) is 5.02 Å². The number of aliphatic hydroxyl groups excluding tert-OH is 1. The number of nitrogens with one attached hydrogen (secondary N) is 1. The number of hydrogen-bond acceptors (Lipinski definition) is 5. The number of halogens is 1. The molecule has 0 aliphatic carbocycles. The summed E-state index contributed by atoms with van der Waals surface area (Å²) in [5.74, 6) is 1.52. The Morgan fingerprint density at radius 1 is 1.14 bits per heavy atom. The van der Waals surface area contributed by atoms with Gasteiger partial charge in [0.05, 0.1) is 39.4 Å². The minimum atomic E-state index is -0.474. The summed E-state index contributed by atoms with van der Waals surface area (Å²) in [6.07, 6.45) is -0.474. The highest BCUT2D eigenvalue weighted by Crippen LogP contribution is 2.32. The highest BCUT2D eigenvalue weighted by Gasteiger charge is 2.23. The number of benzene rings is 2. The summed E-state index contributed by atoms with van der Waals surface area (Å²) in [6, 6.07) is 11.8. The molecular formula is C22H28ClN2O4+. The van der Waals surface area contributed by atoms with Gasteiger partial charge in [0.25, 0.3) is 0 Å². The predicted molar refractivity (Wildman–Crippen MR) is 112 cm³/mol. The second-order valence-corrected chi connectivity index (χ2v) is 8.16. The van der Waals surface area contributed by atoms with Gasteiger partial charge in [-0.15, -0.1) is 0 Å². The molecule has 1 fully saturated rings. The Balaban J connectivity index is 1.19. The number of fused-ring (bicyclic) bond motifs is 1. The molecule has 0 unspecified atom stereocenters. The first kappa shape index (κ1) is 20.3. The van der Waals surface area contributed by atoms with Gasteiger partial charge in [0.1, 0.15) is 12.6 Å². The van der Waals surface area contributed by atoms with Crippen molar-refractivity contribution in [3.8, 4) is 11.5 Å². The Hall–Kier alpha value is -1.99. The number of nitrogens with zero attached hydrogens (tertiary/aromatic N) is 1. The fourth-order valence-corrected chi connectivity index (χ4v) is 4.09. The third-order valence-corrected chi connectivity index (χ3v) is 5.76. The fraction of sp³-hybridized carbons (Fsp3) is 0.455. The van der Waals surface area contributed by atoms with E-state index in [4.69, 9.17) is 25.8 Å². The molecule has 0 saturated carbocycles. The van der Waals surface area contributed by atoms with Crippen molar-refractivity contribution in [1.82, 2.24) is 0 Å². The third-order valence-electron chi connectivity index (χ3n) is 5.52. The number of ether oxygens (including phenoxy) is 3. The molecule has 2 heterocycles. The highest BCUT2D eigenvalue weighted by molar-refractivity contribution is 6.30. The van der Waals surface area contributed by atoms with Crippen molar-refractivity contribution in [3.05, 3.63) is 52.5 Å². The van der Waals surface area contributed by atoms with Gasteiger partial charge in [-0.2, -0.15) is 0 Å². The maximum absolute atomic E-state index is 10.4. The van der Waals surface area contributed by atoms with E-state index < -0.39 is 6.10 Å². The van der Waals surface area contributed by atoms with Crippen LogP contribution in [0.3, 0.4) is 0 Å². The van der Waals surface area contributed by atoms with Crippen molar-refractivity contribution in [3.63, 3.8) is 0 Å². The average Bonchev–Trinajstić information content (AvgIpc) is 3.18. The zero-order chi connectivity index (χ0) is 20.2. The average molecular weight is 420 g/mol.